The Balaban J connectivity index is 2.14. The van der Waals surface area contributed by atoms with E-state index in [9.17, 15) is 4.79 Å². The molecule has 2 N–H and O–H groups in total. The van der Waals surface area contributed by atoms with Gasteiger partial charge in [0.25, 0.3) is 0 Å². The quantitative estimate of drug-likeness (QED) is 0.686. The number of hydrogen-bond donors (Lipinski definition) is 2. The second-order valence-electron chi connectivity index (χ2n) is 5.84. The summed E-state index contributed by atoms with van der Waals surface area (Å²) >= 11 is 0. The average Bonchev–Trinajstić information content (AvgIpc) is 2.35. The van der Waals surface area contributed by atoms with Crippen LogP contribution in [0.2, 0.25) is 0 Å². The predicted molar refractivity (Wildman–Crippen MR) is 76.6 cm³/mol. The van der Waals surface area contributed by atoms with Gasteiger partial charge in [0.05, 0.1) is 5.92 Å². The number of carbonyl (C=O) groups is 1. The molecule has 1 fully saturated rings. The van der Waals surface area contributed by atoms with E-state index in [0.29, 0.717) is 12.1 Å². The number of nitrogens with one attached hydrogen (secondary N) is 2. The summed E-state index contributed by atoms with van der Waals surface area (Å²) in [6.45, 7) is 7.38. The molecule has 0 aliphatic carbocycles. The highest BCUT2D eigenvalue weighted by Crippen LogP contribution is 2.14. The van der Waals surface area contributed by atoms with Crippen molar-refractivity contribution in [1.29, 1.82) is 0 Å². The molecule has 106 valence electrons. The molecule has 1 rings (SSSR count). The first-order chi connectivity index (χ1) is 8.63. The van der Waals surface area contributed by atoms with E-state index in [2.05, 4.69) is 31.4 Å². The lowest BCUT2D eigenvalue weighted by Gasteiger charge is -2.28. The monoisotopic (exact) mass is 254 g/mol. The van der Waals surface area contributed by atoms with Gasteiger partial charge in [-0.05, 0) is 33.1 Å². The van der Waals surface area contributed by atoms with E-state index in [1.54, 1.807) is 0 Å². The molecule has 3 atom stereocenters. The first kappa shape index (κ1) is 15.5. The zero-order valence-electron chi connectivity index (χ0n) is 12.3. The highest BCUT2D eigenvalue weighted by molar-refractivity contribution is 5.79. The van der Waals surface area contributed by atoms with Crippen LogP contribution in [0.1, 0.15) is 65.7 Å². The number of rotatable bonds is 7. The van der Waals surface area contributed by atoms with E-state index in [-0.39, 0.29) is 11.8 Å². The molecule has 0 radical (unpaired) electrons. The zero-order valence-corrected chi connectivity index (χ0v) is 12.3. The topological polar surface area (TPSA) is 41.1 Å². The fourth-order valence-corrected chi connectivity index (χ4v) is 2.53. The van der Waals surface area contributed by atoms with Gasteiger partial charge in [-0.15, -0.1) is 0 Å². The van der Waals surface area contributed by atoms with Crippen molar-refractivity contribution in [3.63, 3.8) is 0 Å². The molecule has 1 amide bonds. The van der Waals surface area contributed by atoms with E-state index in [4.69, 9.17) is 0 Å². The summed E-state index contributed by atoms with van der Waals surface area (Å²) in [7, 11) is 0. The molecule has 0 saturated carbocycles. The Bertz CT molecular complexity index is 235. The second-order valence-corrected chi connectivity index (χ2v) is 5.84. The highest BCUT2D eigenvalue weighted by Gasteiger charge is 2.24. The third-order valence-electron chi connectivity index (χ3n) is 3.91. The van der Waals surface area contributed by atoms with Gasteiger partial charge in [-0.2, -0.15) is 0 Å². The Labute approximate surface area is 112 Å². The first-order valence-corrected chi connectivity index (χ1v) is 7.67. The van der Waals surface area contributed by atoms with E-state index >= 15 is 0 Å². The van der Waals surface area contributed by atoms with Gasteiger partial charge >= 0.3 is 0 Å². The van der Waals surface area contributed by atoms with E-state index in [1.165, 1.54) is 25.7 Å². The fourth-order valence-electron chi connectivity index (χ4n) is 2.53. The molecule has 1 aliphatic rings. The van der Waals surface area contributed by atoms with Gasteiger partial charge in [0.15, 0.2) is 0 Å². The lowest BCUT2D eigenvalue weighted by atomic mass is 9.94. The molecular formula is C15H30N2O. The molecule has 0 aromatic carbocycles. The largest absolute Gasteiger partial charge is 0.353 e. The third-order valence-corrected chi connectivity index (χ3v) is 3.91. The molecule has 1 saturated heterocycles. The van der Waals surface area contributed by atoms with E-state index < -0.39 is 0 Å². The molecule has 3 heteroatoms. The lowest BCUT2D eigenvalue weighted by Crippen LogP contribution is -2.46. The second kappa shape index (κ2) is 8.52. The van der Waals surface area contributed by atoms with Gasteiger partial charge in [0.1, 0.15) is 0 Å². The van der Waals surface area contributed by atoms with Crippen LogP contribution in [-0.2, 0) is 4.79 Å². The van der Waals surface area contributed by atoms with Crippen molar-refractivity contribution in [2.45, 2.75) is 77.8 Å². The molecule has 3 nitrogen and oxygen atoms in total. The molecule has 0 aromatic rings. The van der Waals surface area contributed by atoms with Crippen molar-refractivity contribution in [2.75, 3.05) is 6.54 Å². The van der Waals surface area contributed by atoms with E-state index in [0.717, 1.165) is 25.8 Å². The van der Waals surface area contributed by atoms with Gasteiger partial charge in [-0.25, -0.2) is 0 Å². The molecular weight excluding hydrogens is 224 g/mol. The predicted octanol–water partition coefficient (Wildman–Crippen LogP) is 2.85. The SMILES string of the molecule is CCCCCCC(C)NC(=O)C1CCC(C)NC1. The maximum absolute atomic E-state index is 12.1. The van der Waals surface area contributed by atoms with Crippen molar-refractivity contribution in [3.05, 3.63) is 0 Å². The van der Waals surface area contributed by atoms with Crippen molar-refractivity contribution >= 4 is 5.91 Å². The number of unbranched alkanes of at least 4 members (excludes halogenated alkanes) is 3. The minimum atomic E-state index is 0.180. The Kier molecular flexibility index (Phi) is 7.33. The Morgan fingerprint density at radius 2 is 2.11 bits per heavy atom. The standard InChI is InChI=1S/C15H30N2O/c1-4-5-6-7-8-13(3)17-15(18)14-10-9-12(2)16-11-14/h12-14,16H,4-11H2,1-3H3,(H,17,18). The summed E-state index contributed by atoms with van der Waals surface area (Å²) in [6.07, 6.45) is 8.36. The summed E-state index contributed by atoms with van der Waals surface area (Å²) < 4.78 is 0. The van der Waals surface area contributed by atoms with Gasteiger partial charge in [-0.3, -0.25) is 4.79 Å². The van der Waals surface area contributed by atoms with Crippen LogP contribution >= 0.6 is 0 Å². The van der Waals surface area contributed by atoms with Gasteiger partial charge < -0.3 is 10.6 Å². The van der Waals surface area contributed by atoms with Crippen molar-refractivity contribution in [3.8, 4) is 0 Å². The maximum Gasteiger partial charge on any atom is 0.224 e. The van der Waals surface area contributed by atoms with Crippen LogP contribution in [0.25, 0.3) is 0 Å². The number of carbonyl (C=O) groups excluding carboxylic acids is 1. The van der Waals surface area contributed by atoms with Crippen LogP contribution < -0.4 is 10.6 Å². The Hall–Kier alpha value is -0.570. The summed E-state index contributed by atoms with van der Waals surface area (Å²) in [4.78, 5) is 12.1. The van der Waals surface area contributed by atoms with Gasteiger partial charge in [-0.1, -0.05) is 32.6 Å². The fraction of sp³-hybridized carbons (Fsp3) is 0.933. The van der Waals surface area contributed by atoms with Crippen molar-refractivity contribution in [2.24, 2.45) is 5.92 Å². The van der Waals surface area contributed by atoms with Crippen molar-refractivity contribution < 1.29 is 4.79 Å². The molecule has 1 heterocycles. The lowest BCUT2D eigenvalue weighted by molar-refractivity contribution is -0.126. The Morgan fingerprint density at radius 1 is 1.33 bits per heavy atom. The normalized spacial score (nSPS) is 25.7. The summed E-state index contributed by atoms with van der Waals surface area (Å²) in [5, 5.41) is 6.55. The van der Waals surface area contributed by atoms with Crippen molar-refractivity contribution in [1.82, 2.24) is 10.6 Å². The maximum atomic E-state index is 12.1. The van der Waals surface area contributed by atoms with Crippen LogP contribution in [0.15, 0.2) is 0 Å². The zero-order chi connectivity index (χ0) is 13.4. The Morgan fingerprint density at radius 3 is 2.72 bits per heavy atom. The van der Waals surface area contributed by atoms with Gasteiger partial charge in [0.2, 0.25) is 5.91 Å². The van der Waals surface area contributed by atoms with E-state index in [1.807, 2.05) is 0 Å². The van der Waals surface area contributed by atoms with Crippen LogP contribution in [0.5, 0.6) is 0 Å². The average molecular weight is 254 g/mol. The third kappa shape index (κ3) is 5.85. The van der Waals surface area contributed by atoms with Crippen LogP contribution in [0.3, 0.4) is 0 Å². The minimum absolute atomic E-state index is 0.180. The van der Waals surface area contributed by atoms with Crippen LogP contribution in [0.4, 0.5) is 0 Å². The van der Waals surface area contributed by atoms with Crippen LogP contribution in [0, 0.1) is 5.92 Å². The smallest absolute Gasteiger partial charge is 0.224 e. The van der Waals surface area contributed by atoms with Crippen LogP contribution in [-0.4, -0.2) is 24.5 Å². The summed E-state index contributed by atoms with van der Waals surface area (Å²) in [5.74, 6) is 0.427. The molecule has 0 spiro atoms. The molecule has 0 aromatic heterocycles. The molecule has 0 bridgehead atoms. The number of piperidine rings is 1. The molecule has 18 heavy (non-hydrogen) atoms. The summed E-state index contributed by atoms with van der Waals surface area (Å²) in [6, 6.07) is 0.897. The highest BCUT2D eigenvalue weighted by atomic mass is 16.1. The van der Waals surface area contributed by atoms with Gasteiger partial charge in [0, 0.05) is 18.6 Å². The first-order valence-electron chi connectivity index (χ1n) is 7.67. The number of hydrogen-bond acceptors (Lipinski definition) is 2. The minimum Gasteiger partial charge on any atom is -0.353 e. The molecule has 3 unspecified atom stereocenters. The number of amides is 1. The molecule has 1 aliphatic heterocycles. The summed E-state index contributed by atoms with van der Waals surface area (Å²) in [5.41, 5.74) is 0.